The number of nitrogens with one attached hydrogen (secondary N) is 2. The van der Waals surface area contributed by atoms with Crippen LogP contribution in [0.4, 0.5) is 5.69 Å². The maximum Gasteiger partial charge on any atom is 0.355 e. The first-order valence-electron chi connectivity index (χ1n) is 8.04. The first-order valence-corrected chi connectivity index (χ1v) is 8.83. The first-order chi connectivity index (χ1) is 12.3. The monoisotopic (exact) mass is 413 g/mol. The van der Waals surface area contributed by atoms with Gasteiger partial charge in [-0.3, -0.25) is 0 Å². The molecule has 0 saturated carbocycles. The summed E-state index contributed by atoms with van der Waals surface area (Å²) in [7, 11) is 1.36. The van der Waals surface area contributed by atoms with Crippen LogP contribution in [-0.2, 0) is 4.74 Å². The van der Waals surface area contributed by atoms with Crippen LogP contribution in [0.15, 0.2) is 41.6 Å². The zero-order chi connectivity index (χ0) is 19.0. The molecule has 0 atom stereocenters. The lowest BCUT2D eigenvalue weighted by Crippen LogP contribution is -2.04. The van der Waals surface area contributed by atoms with Crippen molar-refractivity contribution in [1.29, 1.82) is 0 Å². The highest BCUT2D eigenvalue weighted by Crippen LogP contribution is 2.39. The number of aromatic amines is 2. The molecule has 0 spiro atoms. The highest BCUT2D eigenvalue weighted by Gasteiger charge is 2.24. The van der Waals surface area contributed by atoms with Gasteiger partial charge in [-0.2, -0.15) is 0 Å². The van der Waals surface area contributed by atoms with E-state index in [0.29, 0.717) is 11.4 Å². The second-order valence-corrected chi connectivity index (χ2v) is 7.02. The minimum atomic E-state index is -0.431. The molecule has 0 aliphatic heterocycles. The van der Waals surface area contributed by atoms with Gasteiger partial charge < -0.3 is 20.4 Å². The van der Waals surface area contributed by atoms with Gasteiger partial charge in [0.1, 0.15) is 5.69 Å². The number of esters is 1. The summed E-state index contributed by atoms with van der Waals surface area (Å²) in [6, 6.07) is 5.62. The molecule has 1 aromatic carbocycles. The molecule has 5 nitrogen and oxygen atoms in total. The van der Waals surface area contributed by atoms with Gasteiger partial charge in [-0.1, -0.05) is 22.5 Å². The van der Waals surface area contributed by atoms with E-state index in [0.717, 1.165) is 43.6 Å². The van der Waals surface area contributed by atoms with E-state index in [1.807, 2.05) is 38.2 Å². The van der Waals surface area contributed by atoms with Crippen molar-refractivity contribution in [3.63, 3.8) is 0 Å². The zero-order valence-corrected chi connectivity index (χ0v) is 16.5. The molecule has 3 rings (SSSR count). The van der Waals surface area contributed by atoms with E-state index in [9.17, 15) is 4.79 Å². The van der Waals surface area contributed by atoms with Crippen LogP contribution in [0.5, 0.6) is 0 Å². The van der Waals surface area contributed by atoms with E-state index < -0.39 is 5.97 Å². The number of anilines is 1. The molecule has 0 aliphatic rings. The summed E-state index contributed by atoms with van der Waals surface area (Å²) >= 11 is 3.47. The van der Waals surface area contributed by atoms with Gasteiger partial charge >= 0.3 is 5.97 Å². The van der Waals surface area contributed by atoms with Gasteiger partial charge in [0, 0.05) is 50.5 Å². The van der Waals surface area contributed by atoms with Gasteiger partial charge in [-0.15, -0.1) is 0 Å². The van der Waals surface area contributed by atoms with Gasteiger partial charge in [0.2, 0.25) is 0 Å². The zero-order valence-electron chi connectivity index (χ0n) is 14.9. The Morgan fingerprint density at radius 1 is 1.19 bits per heavy atom. The van der Waals surface area contributed by atoms with Crippen molar-refractivity contribution >= 4 is 33.2 Å². The van der Waals surface area contributed by atoms with Crippen LogP contribution in [-0.4, -0.2) is 23.0 Å². The van der Waals surface area contributed by atoms with Crippen molar-refractivity contribution in [3.8, 4) is 11.1 Å². The maximum atomic E-state index is 12.3. The largest absolute Gasteiger partial charge is 0.464 e. The SMILES string of the molecule is C=C(c1cc(Br)ccc1N)c1c[nH]c(C(=O)OC)c1-c1c[nH]c(C)c1C. The van der Waals surface area contributed by atoms with E-state index in [2.05, 4.69) is 32.5 Å². The number of methoxy groups -OCH3 is 1. The van der Waals surface area contributed by atoms with Crippen molar-refractivity contribution in [2.24, 2.45) is 0 Å². The van der Waals surface area contributed by atoms with Crippen LogP contribution in [0.2, 0.25) is 0 Å². The lowest BCUT2D eigenvalue weighted by atomic mass is 9.92. The third-order valence-electron chi connectivity index (χ3n) is 4.60. The first kappa shape index (κ1) is 18.1. The van der Waals surface area contributed by atoms with E-state index >= 15 is 0 Å². The number of aromatic nitrogens is 2. The van der Waals surface area contributed by atoms with Crippen LogP contribution in [0.1, 0.15) is 32.9 Å². The number of H-pyrrole nitrogens is 2. The fourth-order valence-electron chi connectivity index (χ4n) is 3.00. The third kappa shape index (κ3) is 2.97. The molecule has 134 valence electrons. The van der Waals surface area contributed by atoms with Crippen molar-refractivity contribution in [2.75, 3.05) is 12.8 Å². The molecule has 3 aromatic rings. The fourth-order valence-corrected chi connectivity index (χ4v) is 3.36. The van der Waals surface area contributed by atoms with Crippen molar-refractivity contribution in [1.82, 2.24) is 9.97 Å². The lowest BCUT2D eigenvalue weighted by molar-refractivity contribution is 0.0595. The topological polar surface area (TPSA) is 83.9 Å². The molecule has 2 aromatic heterocycles. The van der Waals surface area contributed by atoms with E-state index in [1.54, 1.807) is 6.20 Å². The fraction of sp³-hybridized carbons (Fsp3) is 0.150. The summed E-state index contributed by atoms with van der Waals surface area (Å²) in [5, 5.41) is 0. The number of nitrogen functional groups attached to an aromatic ring is 1. The molecule has 0 unspecified atom stereocenters. The van der Waals surface area contributed by atoms with Gasteiger partial charge in [-0.25, -0.2) is 4.79 Å². The Bertz CT molecular complexity index is 1010. The van der Waals surface area contributed by atoms with Crippen molar-refractivity contribution < 1.29 is 9.53 Å². The summed E-state index contributed by atoms with van der Waals surface area (Å²) in [6.45, 7) is 8.23. The second kappa shape index (κ2) is 6.88. The summed E-state index contributed by atoms with van der Waals surface area (Å²) in [5.74, 6) is -0.431. The van der Waals surface area contributed by atoms with Gasteiger partial charge in [0.25, 0.3) is 0 Å². The summed E-state index contributed by atoms with van der Waals surface area (Å²) in [4.78, 5) is 18.5. The number of hydrogen-bond acceptors (Lipinski definition) is 3. The normalized spacial score (nSPS) is 10.8. The average Bonchev–Trinajstić information content (AvgIpc) is 3.20. The predicted molar refractivity (Wildman–Crippen MR) is 108 cm³/mol. The number of benzene rings is 1. The molecule has 2 heterocycles. The molecule has 0 radical (unpaired) electrons. The molecule has 0 bridgehead atoms. The number of rotatable bonds is 4. The number of aryl methyl sites for hydroxylation is 1. The number of carbonyl (C=O) groups is 1. The van der Waals surface area contributed by atoms with Crippen LogP contribution in [0.3, 0.4) is 0 Å². The number of ether oxygens (including phenoxy) is 1. The Morgan fingerprint density at radius 3 is 2.54 bits per heavy atom. The molecule has 0 amide bonds. The van der Waals surface area contributed by atoms with Gasteiger partial charge in [0.05, 0.1) is 7.11 Å². The Hall–Kier alpha value is -2.73. The molecule has 4 N–H and O–H groups in total. The van der Waals surface area contributed by atoms with E-state index in [1.165, 1.54) is 7.11 Å². The molecule has 0 saturated heterocycles. The summed E-state index contributed by atoms with van der Waals surface area (Å²) < 4.78 is 5.85. The molecule has 0 fully saturated rings. The third-order valence-corrected chi connectivity index (χ3v) is 5.10. The molecule has 6 heteroatoms. The Kier molecular flexibility index (Phi) is 4.78. The van der Waals surface area contributed by atoms with Crippen LogP contribution >= 0.6 is 15.9 Å². The smallest absolute Gasteiger partial charge is 0.355 e. The molecular formula is C20H20BrN3O2. The Morgan fingerprint density at radius 2 is 1.92 bits per heavy atom. The van der Waals surface area contributed by atoms with E-state index in [4.69, 9.17) is 10.5 Å². The molecule has 0 aliphatic carbocycles. The number of halogens is 1. The number of nitrogens with two attached hydrogens (primary N) is 1. The number of hydrogen-bond donors (Lipinski definition) is 3. The van der Waals surface area contributed by atoms with Gasteiger partial charge in [0.15, 0.2) is 0 Å². The van der Waals surface area contributed by atoms with Crippen molar-refractivity contribution in [2.45, 2.75) is 13.8 Å². The van der Waals surface area contributed by atoms with Gasteiger partial charge in [-0.05, 0) is 43.2 Å². The molecule has 26 heavy (non-hydrogen) atoms. The number of carbonyl (C=O) groups excluding carboxylic acids is 1. The Balaban J connectivity index is 2.24. The minimum Gasteiger partial charge on any atom is -0.464 e. The summed E-state index contributed by atoms with van der Waals surface area (Å²) in [6.07, 6.45) is 3.66. The highest BCUT2D eigenvalue weighted by atomic mass is 79.9. The highest BCUT2D eigenvalue weighted by molar-refractivity contribution is 9.10. The molecular weight excluding hydrogens is 394 g/mol. The van der Waals surface area contributed by atoms with Crippen molar-refractivity contribution in [3.05, 3.63) is 69.7 Å². The maximum absolute atomic E-state index is 12.3. The average molecular weight is 414 g/mol. The van der Waals surface area contributed by atoms with E-state index in [-0.39, 0.29) is 0 Å². The predicted octanol–water partition coefficient (Wildman–Crippen LogP) is 4.82. The Labute approximate surface area is 160 Å². The van der Waals surface area contributed by atoms with Crippen LogP contribution in [0.25, 0.3) is 16.7 Å². The second-order valence-electron chi connectivity index (χ2n) is 6.11. The van der Waals surface area contributed by atoms with Crippen LogP contribution < -0.4 is 5.73 Å². The quantitative estimate of drug-likeness (QED) is 0.423. The minimum absolute atomic E-state index is 0.388. The lowest BCUT2D eigenvalue weighted by Gasteiger charge is -2.12. The summed E-state index contributed by atoms with van der Waals surface area (Å²) in [5.41, 5.74) is 13.3. The van der Waals surface area contributed by atoms with Crippen LogP contribution in [0, 0.1) is 13.8 Å². The standard InChI is InChI=1S/C20H20BrN3O2/c1-10-12(3)23-8-15(10)18-16(9-24-19(18)20(25)26-4)11(2)14-7-13(21)5-6-17(14)22/h5-9,23-24H,2,22H2,1,3-4H3.